The Bertz CT molecular complexity index is 341. The Hall–Kier alpha value is -0.940. The van der Waals surface area contributed by atoms with E-state index in [0.717, 1.165) is 10.6 Å². The Morgan fingerprint density at radius 3 is 2.91 bits per heavy atom. The quantitative estimate of drug-likeness (QED) is 0.736. The van der Waals surface area contributed by atoms with E-state index in [1.807, 2.05) is 0 Å². The molecule has 11 heavy (non-hydrogen) atoms. The average Bonchev–Trinajstić information content (AvgIpc) is 2.55. The lowest BCUT2D eigenvalue weighted by atomic mass is 10.4. The predicted molar refractivity (Wildman–Crippen MR) is 42.5 cm³/mol. The first-order chi connectivity index (χ1) is 5.36. The molecule has 0 saturated carbocycles. The minimum atomic E-state index is 0.446. The van der Waals surface area contributed by atoms with E-state index in [0.29, 0.717) is 4.47 Å². The number of hydrogen-bond acceptors (Lipinski definition) is 4. The summed E-state index contributed by atoms with van der Waals surface area (Å²) < 4.78 is 0.446. The topological polar surface area (TPSA) is 54.5 Å². The first-order valence-electron chi connectivity index (χ1n) is 2.84. The first kappa shape index (κ1) is 6.75. The van der Waals surface area contributed by atoms with E-state index in [9.17, 15) is 0 Å². The number of halogens is 1. The van der Waals surface area contributed by atoms with Gasteiger partial charge in [-0.2, -0.15) is 5.10 Å². The third-order valence-corrected chi connectivity index (χ3v) is 2.21. The summed E-state index contributed by atoms with van der Waals surface area (Å²) in [7, 11) is 0. The fourth-order valence-corrected chi connectivity index (χ4v) is 1.50. The van der Waals surface area contributed by atoms with Crippen LogP contribution >= 0.6 is 22.9 Å². The molecule has 2 aromatic rings. The van der Waals surface area contributed by atoms with Crippen molar-refractivity contribution in [3.8, 4) is 10.6 Å². The Labute approximate surface area is 71.2 Å². The monoisotopic (exact) mass is 186 g/mol. The molecule has 2 heterocycles. The SMILES string of the molecule is Clc1nnc(-c2cn[nH]c2)s1. The van der Waals surface area contributed by atoms with Crippen LogP contribution in [0.5, 0.6) is 0 Å². The zero-order valence-corrected chi connectivity index (χ0v) is 6.85. The van der Waals surface area contributed by atoms with E-state index < -0.39 is 0 Å². The fraction of sp³-hybridized carbons (Fsp3) is 0. The predicted octanol–water partition coefficient (Wildman–Crippen LogP) is 1.58. The lowest BCUT2D eigenvalue weighted by molar-refractivity contribution is 1.09. The zero-order valence-electron chi connectivity index (χ0n) is 5.28. The molecule has 0 amide bonds. The van der Waals surface area contributed by atoms with Gasteiger partial charge < -0.3 is 0 Å². The van der Waals surface area contributed by atoms with Gasteiger partial charge in [0.25, 0.3) is 0 Å². The number of aromatic nitrogens is 4. The van der Waals surface area contributed by atoms with Crippen LogP contribution in [0.3, 0.4) is 0 Å². The van der Waals surface area contributed by atoms with Crippen molar-refractivity contribution in [2.45, 2.75) is 0 Å². The van der Waals surface area contributed by atoms with Crippen molar-refractivity contribution in [3.63, 3.8) is 0 Å². The van der Waals surface area contributed by atoms with Gasteiger partial charge in [-0.25, -0.2) is 0 Å². The van der Waals surface area contributed by atoms with Crippen LogP contribution in [0.15, 0.2) is 12.4 Å². The summed E-state index contributed by atoms with van der Waals surface area (Å²) >= 11 is 6.92. The van der Waals surface area contributed by atoms with Crippen LogP contribution in [0.4, 0.5) is 0 Å². The van der Waals surface area contributed by atoms with Crippen LogP contribution in [0, 0.1) is 0 Å². The van der Waals surface area contributed by atoms with Crippen molar-refractivity contribution in [3.05, 3.63) is 16.9 Å². The highest BCUT2D eigenvalue weighted by atomic mass is 35.5. The van der Waals surface area contributed by atoms with Gasteiger partial charge >= 0.3 is 0 Å². The third-order valence-electron chi connectivity index (χ3n) is 1.15. The number of aromatic amines is 1. The Kier molecular flexibility index (Phi) is 1.59. The third kappa shape index (κ3) is 1.24. The Morgan fingerprint density at radius 2 is 2.36 bits per heavy atom. The molecule has 4 nitrogen and oxygen atoms in total. The highest BCUT2D eigenvalue weighted by Gasteiger charge is 2.04. The molecule has 56 valence electrons. The van der Waals surface area contributed by atoms with Gasteiger partial charge in [0.2, 0.25) is 4.47 Å². The van der Waals surface area contributed by atoms with E-state index >= 15 is 0 Å². The average molecular weight is 187 g/mol. The van der Waals surface area contributed by atoms with E-state index in [1.165, 1.54) is 11.3 Å². The van der Waals surface area contributed by atoms with Gasteiger partial charge in [-0.05, 0) is 11.6 Å². The molecule has 0 unspecified atom stereocenters. The molecule has 0 saturated heterocycles. The molecule has 0 aromatic carbocycles. The lowest BCUT2D eigenvalue weighted by Crippen LogP contribution is -1.70. The number of nitrogens with one attached hydrogen (secondary N) is 1. The minimum absolute atomic E-state index is 0.446. The highest BCUT2D eigenvalue weighted by molar-refractivity contribution is 7.18. The van der Waals surface area contributed by atoms with Crippen LogP contribution in [-0.4, -0.2) is 20.4 Å². The molecule has 1 N–H and O–H groups in total. The molecular formula is C5H3ClN4S. The molecule has 0 bridgehead atoms. The van der Waals surface area contributed by atoms with E-state index in [-0.39, 0.29) is 0 Å². The van der Waals surface area contributed by atoms with Crippen molar-refractivity contribution in [2.75, 3.05) is 0 Å². The van der Waals surface area contributed by atoms with Gasteiger partial charge in [0.1, 0.15) is 0 Å². The summed E-state index contributed by atoms with van der Waals surface area (Å²) in [6.07, 6.45) is 3.42. The molecular weight excluding hydrogens is 184 g/mol. The normalized spacial score (nSPS) is 10.3. The number of H-pyrrole nitrogens is 1. The molecule has 0 atom stereocenters. The largest absolute Gasteiger partial charge is 0.285 e. The maximum atomic E-state index is 5.59. The van der Waals surface area contributed by atoms with E-state index in [4.69, 9.17) is 11.6 Å². The van der Waals surface area contributed by atoms with Crippen molar-refractivity contribution in [1.82, 2.24) is 20.4 Å². The second kappa shape index (κ2) is 2.60. The van der Waals surface area contributed by atoms with Gasteiger partial charge in [-0.15, -0.1) is 10.2 Å². The van der Waals surface area contributed by atoms with Gasteiger partial charge in [0, 0.05) is 6.20 Å². The molecule has 0 spiro atoms. The summed E-state index contributed by atoms with van der Waals surface area (Å²) in [6, 6.07) is 0. The van der Waals surface area contributed by atoms with Gasteiger partial charge in [-0.3, -0.25) is 5.10 Å². The van der Waals surface area contributed by atoms with Gasteiger partial charge in [0.15, 0.2) is 5.01 Å². The fourth-order valence-electron chi connectivity index (χ4n) is 0.690. The molecule has 2 aromatic heterocycles. The van der Waals surface area contributed by atoms with E-state index in [1.54, 1.807) is 12.4 Å². The highest BCUT2D eigenvalue weighted by Crippen LogP contribution is 2.24. The van der Waals surface area contributed by atoms with Crippen LogP contribution in [0.25, 0.3) is 10.6 Å². The first-order valence-corrected chi connectivity index (χ1v) is 4.04. The number of nitrogens with zero attached hydrogens (tertiary/aromatic N) is 3. The molecule has 2 rings (SSSR count). The maximum Gasteiger partial charge on any atom is 0.207 e. The molecule has 0 aliphatic carbocycles. The smallest absolute Gasteiger partial charge is 0.207 e. The minimum Gasteiger partial charge on any atom is -0.285 e. The number of rotatable bonds is 1. The van der Waals surface area contributed by atoms with Crippen molar-refractivity contribution >= 4 is 22.9 Å². The van der Waals surface area contributed by atoms with Gasteiger partial charge in [0.05, 0.1) is 11.8 Å². The van der Waals surface area contributed by atoms with E-state index in [2.05, 4.69) is 20.4 Å². The molecule has 0 aliphatic rings. The molecule has 0 fully saturated rings. The van der Waals surface area contributed by atoms with Crippen molar-refractivity contribution in [1.29, 1.82) is 0 Å². The standard InChI is InChI=1S/C5H3ClN4S/c6-5-10-9-4(11-5)3-1-7-8-2-3/h1-2H,(H,7,8). The van der Waals surface area contributed by atoms with Crippen molar-refractivity contribution < 1.29 is 0 Å². The summed E-state index contributed by atoms with van der Waals surface area (Å²) in [5.41, 5.74) is 0.911. The van der Waals surface area contributed by atoms with Crippen molar-refractivity contribution in [2.24, 2.45) is 0 Å². The lowest BCUT2D eigenvalue weighted by Gasteiger charge is -1.80. The second-order valence-corrected chi connectivity index (χ2v) is 3.41. The summed E-state index contributed by atoms with van der Waals surface area (Å²) in [5, 5.41) is 14.7. The molecule has 0 aliphatic heterocycles. The summed E-state index contributed by atoms with van der Waals surface area (Å²) in [4.78, 5) is 0. The molecule has 6 heteroatoms. The van der Waals surface area contributed by atoms with Crippen LogP contribution in [0.2, 0.25) is 4.47 Å². The molecule has 0 radical (unpaired) electrons. The summed E-state index contributed by atoms with van der Waals surface area (Å²) in [6.45, 7) is 0. The van der Waals surface area contributed by atoms with Crippen LogP contribution < -0.4 is 0 Å². The van der Waals surface area contributed by atoms with Crippen LogP contribution in [-0.2, 0) is 0 Å². The second-order valence-electron chi connectivity index (χ2n) is 1.85. The Morgan fingerprint density at radius 1 is 1.45 bits per heavy atom. The Balaban J connectivity index is 2.45. The maximum absolute atomic E-state index is 5.59. The van der Waals surface area contributed by atoms with Crippen LogP contribution in [0.1, 0.15) is 0 Å². The zero-order chi connectivity index (χ0) is 7.68. The summed E-state index contributed by atoms with van der Waals surface area (Å²) in [5.74, 6) is 0. The number of hydrogen-bond donors (Lipinski definition) is 1. The van der Waals surface area contributed by atoms with Gasteiger partial charge in [-0.1, -0.05) is 11.3 Å².